The third-order valence-corrected chi connectivity index (χ3v) is 4.77. The summed E-state index contributed by atoms with van der Waals surface area (Å²) < 4.78 is 12.4. The highest BCUT2D eigenvalue weighted by Crippen LogP contribution is 2.29. The zero-order chi connectivity index (χ0) is 21.0. The SMILES string of the molecule is COc1cc(/C=N\n2c(=S)[nH]nc(C)c2=O)ccc1OCc1ccc(Cl)cc1Cl. The Bertz CT molecular complexity index is 1190. The Balaban J connectivity index is 1.81. The Morgan fingerprint density at radius 1 is 1.24 bits per heavy atom. The van der Waals surface area contributed by atoms with Crippen LogP contribution in [0.5, 0.6) is 11.5 Å². The summed E-state index contributed by atoms with van der Waals surface area (Å²) in [4.78, 5) is 12.1. The maximum Gasteiger partial charge on any atom is 0.296 e. The molecule has 0 bridgehead atoms. The standard InChI is InChI=1S/C19H16Cl2N4O3S/c1-11-18(26)25(19(29)24-23-11)22-9-12-3-6-16(17(7-12)27-2)28-10-13-4-5-14(20)8-15(13)21/h3-9H,10H2,1-2H3,(H,24,29)/b22-9-. The van der Waals surface area contributed by atoms with E-state index < -0.39 is 5.56 Å². The molecule has 0 saturated heterocycles. The average Bonchev–Trinajstić information content (AvgIpc) is 2.70. The van der Waals surface area contributed by atoms with Crippen molar-refractivity contribution in [2.75, 3.05) is 7.11 Å². The van der Waals surface area contributed by atoms with Crippen molar-refractivity contribution in [1.29, 1.82) is 0 Å². The van der Waals surface area contributed by atoms with E-state index in [4.69, 9.17) is 44.9 Å². The van der Waals surface area contributed by atoms with Crippen molar-refractivity contribution in [3.05, 3.63) is 78.4 Å². The zero-order valence-corrected chi connectivity index (χ0v) is 17.8. The lowest BCUT2D eigenvalue weighted by Gasteiger charge is -2.12. The monoisotopic (exact) mass is 450 g/mol. The molecule has 0 aliphatic rings. The van der Waals surface area contributed by atoms with Gasteiger partial charge in [-0.05, 0) is 55.0 Å². The summed E-state index contributed by atoms with van der Waals surface area (Å²) in [5, 5.41) is 11.6. The van der Waals surface area contributed by atoms with Crippen molar-refractivity contribution in [3.63, 3.8) is 0 Å². The van der Waals surface area contributed by atoms with Crippen LogP contribution >= 0.6 is 35.4 Å². The molecule has 0 saturated carbocycles. The third-order valence-electron chi connectivity index (χ3n) is 3.92. The van der Waals surface area contributed by atoms with Crippen LogP contribution in [0.15, 0.2) is 46.3 Å². The van der Waals surface area contributed by atoms with Crippen molar-refractivity contribution in [1.82, 2.24) is 14.9 Å². The molecule has 150 valence electrons. The molecule has 2 aromatic carbocycles. The van der Waals surface area contributed by atoms with Gasteiger partial charge in [0.1, 0.15) is 12.3 Å². The molecule has 0 atom stereocenters. The van der Waals surface area contributed by atoms with Crippen molar-refractivity contribution in [3.8, 4) is 11.5 Å². The summed E-state index contributed by atoms with van der Waals surface area (Å²) in [6, 6.07) is 10.5. The molecule has 0 amide bonds. The molecule has 0 aliphatic carbocycles. The van der Waals surface area contributed by atoms with Gasteiger partial charge in [0.15, 0.2) is 11.5 Å². The lowest BCUT2D eigenvalue weighted by molar-refractivity contribution is 0.284. The van der Waals surface area contributed by atoms with E-state index in [2.05, 4.69) is 15.3 Å². The minimum atomic E-state index is -0.392. The minimum Gasteiger partial charge on any atom is -0.493 e. The van der Waals surface area contributed by atoms with Crippen LogP contribution < -0.4 is 15.0 Å². The van der Waals surface area contributed by atoms with E-state index in [9.17, 15) is 4.79 Å². The number of ether oxygens (including phenoxy) is 2. The maximum atomic E-state index is 12.1. The van der Waals surface area contributed by atoms with Gasteiger partial charge in [-0.1, -0.05) is 29.3 Å². The minimum absolute atomic E-state index is 0.101. The first-order chi connectivity index (χ1) is 13.9. The summed E-state index contributed by atoms with van der Waals surface area (Å²) in [7, 11) is 1.53. The van der Waals surface area contributed by atoms with Crippen LogP contribution in [0, 0.1) is 11.7 Å². The van der Waals surface area contributed by atoms with E-state index >= 15 is 0 Å². The van der Waals surface area contributed by atoms with Crippen molar-refractivity contribution in [2.45, 2.75) is 13.5 Å². The van der Waals surface area contributed by atoms with E-state index in [0.29, 0.717) is 27.1 Å². The van der Waals surface area contributed by atoms with Crippen molar-refractivity contribution >= 4 is 41.6 Å². The number of rotatable bonds is 6. The van der Waals surface area contributed by atoms with Gasteiger partial charge < -0.3 is 9.47 Å². The van der Waals surface area contributed by atoms with Crippen LogP contribution in [-0.4, -0.2) is 28.2 Å². The zero-order valence-electron chi connectivity index (χ0n) is 15.5. The molecule has 1 aromatic heterocycles. The summed E-state index contributed by atoms with van der Waals surface area (Å²) in [5.41, 5.74) is 1.36. The summed E-state index contributed by atoms with van der Waals surface area (Å²) in [6.45, 7) is 1.82. The van der Waals surface area contributed by atoms with Crippen molar-refractivity contribution in [2.24, 2.45) is 5.10 Å². The van der Waals surface area contributed by atoms with Gasteiger partial charge in [-0.15, -0.1) is 0 Å². The first kappa shape index (κ1) is 21.0. The van der Waals surface area contributed by atoms with Crippen LogP contribution in [-0.2, 0) is 6.61 Å². The molecular formula is C19H16Cl2N4O3S. The number of hydrogen-bond donors (Lipinski definition) is 1. The normalized spacial score (nSPS) is 11.0. The third kappa shape index (κ3) is 5.03. The second-order valence-electron chi connectivity index (χ2n) is 5.91. The molecule has 0 unspecified atom stereocenters. The number of hydrogen-bond acceptors (Lipinski definition) is 6. The van der Waals surface area contributed by atoms with Gasteiger partial charge in [0, 0.05) is 15.6 Å². The number of methoxy groups -OCH3 is 1. The lowest BCUT2D eigenvalue weighted by atomic mass is 10.2. The second kappa shape index (κ2) is 9.21. The van der Waals surface area contributed by atoms with Gasteiger partial charge in [0.25, 0.3) is 5.56 Å². The Hall–Kier alpha value is -2.68. The second-order valence-corrected chi connectivity index (χ2v) is 7.14. The fourth-order valence-electron chi connectivity index (χ4n) is 2.38. The average molecular weight is 451 g/mol. The maximum absolute atomic E-state index is 12.1. The molecule has 0 aliphatic heterocycles. The molecule has 3 rings (SSSR count). The Labute approximate surface area is 181 Å². The number of aryl methyl sites for hydroxylation is 1. The number of benzene rings is 2. The van der Waals surface area contributed by atoms with Crippen LogP contribution in [0.3, 0.4) is 0 Å². The van der Waals surface area contributed by atoms with Gasteiger partial charge in [0.2, 0.25) is 4.77 Å². The Morgan fingerprint density at radius 3 is 2.76 bits per heavy atom. The number of H-pyrrole nitrogens is 1. The molecule has 0 fully saturated rings. The molecule has 29 heavy (non-hydrogen) atoms. The Morgan fingerprint density at radius 2 is 2.03 bits per heavy atom. The molecule has 1 heterocycles. The van der Waals surface area contributed by atoms with E-state index in [0.717, 1.165) is 10.2 Å². The summed E-state index contributed by atoms with van der Waals surface area (Å²) in [5.74, 6) is 1.03. The van der Waals surface area contributed by atoms with Gasteiger partial charge in [-0.3, -0.25) is 9.89 Å². The fourth-order valence-corrected chi connectivity index (χ4v) is 3.02. The van der Waals surface area contributed by atoms with Gasteiger partial charge in [-0.25, -0.2) is 0 Å². The lowest BCUT2D eigenvalue weighted by Crippen LogP contribution is -2.22. The van der Waals surface area contributed by atoms with Gasteiger partial charge in [0.05, 0.1) is 13.3 Å². The highest BCUT2D eigenvalue weighted by molar-refractivity contribution is 7.71. The smallest absolute Gasteiger partial charge is 0.296 e. The number of aromatic nitrogens is 3. The number of nitrogens with zero attached hydrogens (tertiary/aromatic N) is 3. The predicted octanol–water partition coefficient (Wildman–Crippen LogP) is 4.39. The molecule has 10 heteroatoms. The highest BCUT2D eigenvalue weighted by atomic mass is 35.5. The number of nitrogens with one attached hydrogen (secondary N) is 1. The van der Waals surface area contributed by atoms with E-state index in [1.165, 1.54) is 13.3 Å². The van der Waals surface area contributed by atoms with E-state index in [-0.39, 0.29) is 17.1 Å². The van der Waals surface area contributed by atoms with Gasteiger partial charge >= 0.3 is 0 Å². The van der Waals surface area contributed by atoms with Crippen molar-refractivity contribution < 1.29 is 9.47 Å². The number of aromatic amines is 1. The van der Waals surface area contributed by atoms with Gasteiger partial charge in [-0.2, -0.15) is 14.9 Å². The van der Waals surface area contributed by atoms with Crippen LogP contribution in [0.1, 0.15) is 16.8 Å². The largest absolute Gasteiger partial charge is 0.493 e. The molecule has 7 nitrogen and oxygen atoms in total. The molecule has 0 radical (unpaired) electrons. The molecular weight excluding hydrogens is 435 g/mol. The summed E-state index contributed by atoms with van der Waals surface area (Å²) in [6.07, 6.45) is 1.49. The first-order valence-electron chi connectivity index (χ1n) is 8.36. The molecule has 0 spiro atoms. The fraction of sp³-hybridized carbons (Fsp3) is 0.158. The predicted molar refractivity (Wildman–Crippen MR) is 115 cm³/mol. The molecule has 3 aromatic rings. The van der Waals surface area contributed by atoms with Crippen LogP contribution in [0.2, 0.25) is 10.0 Å². The first-order valence-corrected chi connectivity index (χ1v) is 9.53. The quantitative estimate of drug-likeness (QED) is 0.444. The molecule has 1 N–H and O–H groups in total. The number of halogens is 2. The van der Waals surface area contributed by atoms with E-state index in [1.54, 1.807) is 43.3 Å². The van der Waals surface area contributed by atoms with Crippen LogP contribution in [0.25, 0.3) is 0 Å². The van der Waals surface area contributed by atoms with Crippen LogP contribution in [0.4, 0.5) is 0 Å². The highest BCUT2D eigenvalue weighted by Gasteiger charge is 2.08. The summed E-state index contributed by atoms with van der Waals surface area (Å²) >= 11 is 17.1. The van der Waals surface area contributed by atoms with E-state index in [1.807, 2.05) is 0 Å². The topological polar surface area (TPSA) is 81.5 Å². The Kier molecular flexibility index (Phi) is 6.68.